The fraction of sp³-hybridized carbons (Fsp3) is 0.100. The number of rotatable bonds is 4. The summed E-state index contributed by atoms with van der Waals surface area (Å²) in [6.07, 6.45) is 1.49. The predicted molar refractivity (Wildman–Crippen MR) is 70.7 cm³/mol. The van der Waals surface area contributed by atoms with Gasteiger partial charge in [0, 0.05) is 23.2 Å². The fourth-order valence-corrected chi connectivity index (χ4v) is 3.30. The Labute approximate surface area is 117 Å². The number of nitro benzene ring substituents is 1. The number of benzene rings is 1. The van der Waals surface area contributed by atoms with Crippen LogP contribution in [0.2, 0.25) is 0 Å². The van der Waals surface area contributed by atoms with Gasteiger partial charge in [-0.25, -0.2) is 13.4 Å². The summed E-state index contributed by atoms with van der Waals surface area (Å²) < 4.78 is 39.5. The molecule has 0 bridgehead atoms. The molecule has 10 heteroatoms. The van der Waals surface area contributed by atoms with Gasteiger partial charge in [0.15, 0.2) is 5.13 Å². The number of hydrogen-bond donors (Lipinski definition) is 1. The third-order valence-electron chi connectivity index (χ3n) is 2.27. The van der Waals surface area contributed by atoms with Crippen LogP contribution in [0.5, 0.6) is 0 Å². The van der Waals surface area contributed by atoms with Crippen molar-refractivity contribution in [3.05, 3.63) is 45.2 Å². The number of aryl methyl sites for hydroxylation is 1. The Morgan fingerprint density at radius 3 is 2.65 bits per heavy atom. The first-order chi connectivity index (χ1) is 9.29. The van der Waals surface area contributed by atoms with Crippen molar-refractivity contribution in [3.63, 3.8) is 0 Å². The second kappa shape index (κ2) is 5.13. The summed E-state index contributed by atoms with van der Waals surface area (Å²) in [5.41, 5.74) is -0.783. The molecule has 1 heterocycles. The number of sulfonamides is 1. The van der Waals surface area contributed by atoms with E-state index in [0.717, 1.165) is 28.3 Å². The standard InChI is InChI=1S/C10H8FN3O4S2/c1-6-5-12-10(19-6)13-20(17,18)7-2-3-9(14(15)16)8(11)4-7/h2-5H,1H3,(H,12,13). The third-order valence-corrected chi connectivity index (χ3v) is 4.56. The lowest BCUT2D eigenvalue weighted by molar-refractivity contribution is -0.387. The molecule has 0 aliphatic rings. The van der Waals surface area contributed by atoms with Gasteiger partial charge in [-0.05, 0) is 13.0 Å². The molecule has 0 radical (unpaired) electrons. The van der Waals surface area contributed by atoms with Gasteiger partial charge in [-0.3, -0.25) is 14.8 Å². The van der Waals surface area contributed by atoms with E-state index in [1.165, 1.54) is 6.20 Å². The van der Waals surface area contributed by atoms with E-state index in [1.807, 2.05) is 0 Å². The maximum Gasteiger partial charge on any atom is 0.304 e. The number of thiazole rings is 1. The number of nitrogens with zero attached hydrogens (tertiary/aromatic N) is 2. The van der Waals surface area contributed by atoms with Gasteiger partial charge in [0.25, 0.3) is 10.0 Å². The van der Waals surface area contributed by atoms with Gasteiger partial charge in [-0.15, -0.1) is 11.3 Å². The highest BCUT2D eigenvalue weighted by atomic mass is 32.2. The molecule has 7 nitrogen and oxygen atoms in total. The van der Waals surface area contributed by atoms with Gasteiger partial charge < -0.3 is 0 Å². The Morgan fingerprint density at radius 2 is 2.15 bits per heavy atom. The van der Waals surface area contributed by atoms with Gasteiger partial charge in [-0.1, -0.05) is 0 Å². The van der Waals surface area contributed by atoms with Crippen LogP contribution in [0, 0.1) is 22.9 Å². The van der Waals surface area contributed by atoms with Crippen LogP contribution in [0.4, 0.5) is 15.2 Å². The molecule has 0 atom stereocenters. The number of aromatic nitrogens is 1. The molecule has 106 valence electrons. The topological polar surface area (TPSA) is 102 Å². The molecule has 0 unspecified atom stereocenters. The lowest BCUT2D eigenvalue weighted by Gasteiger charge is -2.05. The molecule has 0 fully saturated rings. The third kappa shape index (κ3) is 2.91. The van der Waals surface area contributed by atoms with Crippen LogP contribution >= 0.6 is 11.3 Å². The van der Waals surface area contributed by atoms with Crippen molar-refractivity contribution in [2.45, 2.75) is 11.8 Å². The summed E-state index contributed by atoms with van der Waals surface area (Å²) in [7, 11) is -4.03. The first-order valence-electron chi connectivity index (χ1n) is 5.19. The quantitative estimate of drug-likeness (QED) is 0.688. The molecule has 0 amide bonds. The summed E-state index contributed by atoms with van der Waals surface area (Å²) in [5, 5.41) is 10.6. The average Bonchev–Trinajstić information content (AvgIpc) is 2.73. The Balaban J connectivity index is 2.35. The van der Waals surface area contributed by atoms with Crippen molar-refractivity contribution in [3.8, 4) is 0 Å². The molecule has 0 spiro atoms. The van der Waals surface area contributed by atoms with Crippen LogP contribution in [0.1, 0.15) is 4.88 Å². The zero-order valence-corrected chi connectivity index (χ0v) is 11.7. The highest BCUT2D eigenvalue weighted by Gasteiger charge is 2.21. The molecule has 0 aliphatic heterocycles. The number of halogens is 1. The van der Waals surface area contributed by atoms with E-state index in [2.05, 4.69) is 9.71 Å². The van der Waals surface area contributed by atoms with E-state index in [9.17, 15) is 22.9 Å². The van der Waals surface area contributed by atoms with E-state index >= 15 is 0 Å². The second-order valence-corrected chi connectivity index (χ2v) is 6.67. The summed E-state index contributed by atoms with van der Waals surface area (Å²) >= 11 is 1.12. The van der Waals surface area contributed by atoms with Crippen molar-refractivity contribution < 1.29 is 17.7 Å². The average molecular weight is 317 g/mol. The van der Waals surface area contributed by atoms with E-state index in [0.29, 0.717) is 6.07 Å². The van der Waals surface area contributed by atoms with Crippen molar-refractivity contribution in [1.82, 2.24) is 4.98 Å². The van der Waals surface area contributed by atoms with Crippen molar-refractivity contribution in [2.24, 2.45) is 0 Å². The predicted octanol–water partition coefficient (Wildman–Crippen LogP) is 2.30. The van der Waals surface area contributed by atoms with Gasteiger partial charge in [0.1, 0.15) is 0 Å². The van der Waals surface area contributed by atoms with Crippen LogP contribution in [0.25, 0.3) is 0 Å². The van der Waals surface area contributed by atoms with Crippen LogP contribution < -0.4 is 4.72 Å². The number of nitrogens with one attached hydrogen (secondary N) is 1. The van der Waals surface area contributed by atoms with E-state index in [4.69, 9.17) is 0 Å². The van der Waals surface area contributed by atoms with Gasteiger partial charge in [-0.2, -0.15) is 4.39 Å². The zero-order valence-electron chi connectivity index (χ0n) is 10.0. The maximum absolute atomic E-state index is 13.4. The molecule has 0 aliphatic carbocycles. The molecule has 1 aromatic heterocycles. The zero-order chi connectivity index (χ0) is 14.9. The Kier molecular flexibility index (Phi) is 3.68. The first kappa shape index (κ1) is 14.3. The Hall–Kier alpha value is -2.07. The molecule has 1 aromatic carbocycles. The molecule has 1 N–H and O–H groups in total. The highest BCUT2D eigenvalue weighted by Crippen LogP contribution is 2.24. The molecule has 20 heavy (non-hydrogen) atoms. The minimum absolute atomic E-state index is 0.140. The van der Waals surface area contributed by atoms with Crippen LogP contribution in [0.3, 0.4) is 0 Å². The SMILES string of the molecule is Cc1cnc(NS(=O)(=O)c2ccc([N+](=O)[O-])c(F)c2)s1. The minimum atomic E-state index is -4.03. The monoisotopic (exact) mass is 317 g/mol. The number of anilines is 1. The van der Waals surface area contributed by atoms with Crippen LogP contribution in [0.15, 0.2) is 29.3 Å². The van der Waals surface area contributed by atoms with E-state index < -0.39 is 31.3 Å². The van der Waals surface area contributed by atoms with Gasteiger partial charge in [0.2, 0.25) is 5.82 Å². The van der Waals surface area contributed by atoms with E-state index in [1.54, 1.807) is 6.92 Å². The van der Waals surface area contributed by atoms with Gasteiger partial charge in [0.05, 0.1) is 9.82 Å². The fourth-order valence-electron chi connectivity index (χ4n) is 1.38. The molecule has 0 saturated heterocycles. The van der Waals surface area contributed by atoms with Crippen molar-refractivity contribution in [1.29, 1.82) is 0 Å². The van der Waals surface area contributed by atoms with Crippen LogP contribution in [-0.2, 0) is 10.0 Å². The highest BCUT2D eigenvalue weighted by molar-refractivity contribution is 7.93. The molecule has 0 saturated carbocycles. The Morgan fingerprint density at radius 1 is 1.45 bits per heavy atom. The summed E-state index contributed by atoms with van der Waals surface area (Å²) in [6.45, 7) is 1.75. The van der Waals surface area contributed by atoms with Crippen molar-refractivity contribution >= 4 is 32.2 Å². The summed E-state index contributed by atoms with van der Waals surface area (Å²) in [5.74, 6) is -1.21. The second-order valence-electron chi connectivity index (χ2n) is 3.75. The first-order valence-corrected chi connectivity index (χ1v) is 7.49. The lowest BCUT2D eigenvalue weighted by atomic mass is 10.3. The normalized spacial score (nSPS) is 11.3. The molecular weight excluding hydrogens is 309 g/mol. The molecule has 2 aromatic rings. The summed E-state index contributed by atoms with van der Waals surface area (Å²) in [4.78, 5) is 13.8. The maximum atomic E-state index is 13.4. The van der Waals surface area contributed by atoms with Crippen molar-refractivity contribution in [2.75, 3.05) is 4.72 Å². The minimum Gasteiger partial charge on any atom is -0.258 e. The lowest BCUT2D eigenvalue weighted by Crippen LogP contribution is -2.13. The van der Waals surface area contributed by atoms with Gasteiger partial charge >= 0.3 is 5.69 Å². The number of hydrogen-bond acceptors (Lipinski definition) is 6. The number of nitro groups is 1. The largest absolute Gasteiger partial charge is 0.304 e. The molecule has 2 rings (SSSR count). The van der Waals surface area contributed by atoms with Crippen LogP contribution in [-0.4, -0.2) is 18.3 Å². The smallest absolute Gasteiger partial charge is 0.258 e. The molecular formula is C10H8FN3O4S2. The Bertz CT molecular complexity index is 773. The van der Waals surface area contributed by atoms with E-state index in [-0.39, 0.29) is 5.13 Å². The summed E-state index contributed by atoms with van der Waals surface area (Å²) in [6, 6.07) is 2.36.